The summed E-state index contributed by atoms with van der Waals surface area (Å²) < 4.78 is 18.1. The van der Waals surface area contributed by atoms with Gasteiger partial charge in [-0.05, 0) is 70.5 Å². The van der Waals surface area contributed by atoms with Crippen molar-refractivity contribution in [2.75, 3.05) is 19.0 Å². The molecule has 4 rings (SSSR count). The maximum Gasteiger partial charge on any atom is 0.262 e. The van der Waals surface area contributed by atoms with E-state index in [1.807, 2.05) is 18.2 Å². The number of methoxy groups -OCH3 is 1. The van der Waals surface area contributed by atoms with E-state index in [-0.39, 0.29) is 18.2 Å². The molecule has 162 valence electrons. The normalized spacial score (nSPS) is 10.7. The van der Waals surface area contributed by atoms with E-state index < -0.39 is 5.91 Å². The second-order valence-corrected chi connectivity index (χ2v) is 8.54. The summed E-state index contributed by atoms with van der Waals surface area (Å²) in [6.45, 7) is -0.219. The Bertz CT molecular complexity index is 1300. The Morgan fingerprint density at radius 1 is 1.00 bits per heavy atom. The Hall–Kier alpha value is -3.10. The fourth-order valence-electron chi connectivity index (χ4n) is 3.12. The Kier molecular flexibility index (Phi) is 6.62. The first kappa shape index (κ1) is 22.1. The molecule has 0 spiro atoms. The van der Waals surface area contributed by atoms with Crippen molar-refractivity contribution < 1.29 is 23.5 Å². The van der Waals surface area contributed by atoms with Crippen molar-refractivity contribution in [1.82, 2.24) is 0 Å². The monoisotopic (exact) mass is 557 g/mol. The number of para-hydroxylation sites is 1. The lowest BCUT2D eigenvalue weighted by Gasteiger charge is -2.09. The average molecular weight is 559 g/mol. The fraction of sp³-hybridized carbons (Fsp3) is 0.0833. The Morgan fingerprint density at radius 3 is 2.47 bits per heavy atom. The highest BCUT2D eigenvalue weighted by molar-refractivity contribution is 9.10. The maximum atomic E-state index is 13.2. The molecule has 1 N–H and O–H groups in total. The van der Waals surface area contributed by atoms with Crippen molar-refractivity contribution in [1.29, 1.82) is 0 Å². The first-order valence-electron chi connectivity index (χ1n) is 9.54. The van der Waals surface area contributed by atoms with Crippen molar-refractivity contribution in [2.24, 2.45) is 0 Å². The van der Waals surface area contributed by atoms with E-state index >= 15 is 0 Å². The van der Waals surface area contributed by atoms with Crippen molar-refractivity contribution in [2.45, 2.75) is 0 Å². The van der Waals surface area contributed by atoms with E-state index in [0.29, 0.717) is 38.2 Å². The predicted molar refractivity (Wildman–Crippen MR) is 129 cm³/mol. The smallest absolute Gasteiger partial charge is 0.262 e. The number of hydrogen-bond donors (Lipinski definition) is 1. The van der Waals surface area contributed by atoms with Gasteiger partial charge in [0.15, 0.2) is 12.4 Å². The van der Waals surface area contributed by atoms with Gasteiger partial charge in [-0.15, -0.1) is 0 Å². The Labute approximate surface area is 200 Å². The number of nitrogens with one attached hydrogen (secondary N) is 1. The number of fused-ring (bicyclic) bond motifs is 1. The van der Waals surface area contributed by atoms with Gasteiger partial charge in [0.1, 0.15) is 17.1 Å². The quantitative estimate of drug-likeness (QED) is 0.273. The van der Waals surface area contributed by atoms with Gasteiger partial charge in [-0.2, -0.15) is 0 Å². The second-order valence-electron chi connectivity index (χ2n) is 6.77. The van der Waals surface area contributed by atoms with Crippen LogP contribution in [0.5, 0.6) is 11.5 Å². The zero-order valence-electron chi connectivity index (χ0n) is 16.9. The third-order valence-corrected chi connectivity index (χ3v) is 5.81. The molecule has 1 amide bonds. The summed E-state index contributed by atoms with van der Waals surface area (Å²) >= 11 is 6.75. The molecule has 1 aromatic heterocycles. The zero-order chi connectivity index (χ0) is 22.7. The van der Waals surface area contributed by atoms with Crippen LogP contribution >= 0.6 is 31.9 Å². The van der Waals surface area contributed by atoms with Gasteiger partial charge in [0.2, 0.25) is 5.78 Å². The number of hydrogen-bond acceptors (Lipinski definition) is 5. The molecular weight excluding hydrogens is 542 g/mol. The number of rotatable bonds is 7. The molecule has 1 heterocycles. The van der Waals surface area contributed by atoms with Gasteiger partial charge in [0.05, 0.1) is 17.3 Å². The second kappa shape index (κ2) is 9.58. The molecule has 0 bridgehead atoms. The van der Waals surface area contributed by atoms with Crippen molar-refractivity contribution in [3.8, 4) is 11.5 Å². The molecule has 6 nitrogen and oxygen atoms in total. The summed E-state index contributed by atoms with van der Waals surface area (Å²) in [5.41, 5.74) is 1.19. The largest absolute Gasteiger partial charge is 0.496 e. The number of anilines is 1. The summed E-state index contributed by atoms with van der Waals surface area (Å²) in [5.74, 6) is 0.419. The van der Waals surface area contributed by atoms with Crippen molar-refractivity contribution >= 4 is 60.2 Å². The molecule has 0 unspecified atom stereocenters. The molecule has 0 aliphatic rings. The average Bonchev–Trinajstić information content (AvgIpc) is 3.16. The summed E-state index contributed by atoms with van der Waals surface area (Å²) in [4.78, 5) is 25.9. The highest BCUT2D eigenvalue weighted by atomic mass is 79.9. The zero-order valence-corrected chi connectivity index (χ0v) is 20.0. The van der Waals surface area contributed by atoms with Crippen LogP contribution in [-0.4, -0.2) is 25.4 Å². The van der Waals surface area contributed by atoms with Crippen LogP contribution in [0.15, 0.2) is 80.1 Å². The Balaban J connectivity index is 1.61. The van der Waals surface area contributed by atoms with Crippen LogP contribution in [0.1, 0.15) is 16.1 Å². The van der Waals surface area contributed by atoms with Gasteiger partial charge in [0, 0.05) is 15.4 Å². The summed E-state index contributed by atoms with van der Waals surface area (Å²) in [6.07, 6.45) is 0. The summed E-state index contributed by atoms with van der Waals surface area (Å²) in [7, 11) is 1.55. The number of ether oxygens (including phenoxy) is 2. The van der Waals surface area contributed by atoms with Gasteiger partial charge in [-0.3, -0.25) is 9.59 Å². The molecule has 0 atom stereocenters. The summed E-state index contributed by atoms with van der Waals surface area (Å²) in [6, 6.07) is 19.2. The van der Waals surface area contributed by atoms with Gasteiger partial charge >= 0.3 is 0 Å². The first-order chi connectivity index (χ1) is 15.5. The third-order valence-electron chi connectivity index (χ3n) is 4.66. The Morgan fingerprint density at radius 2 is 1.75 bits per heavy atom. The number of carbonyl (C=O) groups is 2. The van der Waals surface area contributed by atoms with Crippen molar-refractivity contribution in [3.63, 3.8) is 0 Å². The minimum absolute atomic E-state index is 0.0419. The number of amides is 1. The van der Waals surface area contributed by atoms with Gasteiger partial charge in [0.25, 0.3) is 5.91 Å². The van der Waals surface area contributed by atoms with Gasteiger partial charge in [-0.1, -0.05) is 28.1 Å². The summed E-state index contributed by atoms with van der Waals surface area (Å²) in [5, 5.41) is 3.40. The number of halogens is 2. The van der Waals surface area contributed by atoms with Crippen molar-refractivity contribution in [3.05, 3.63) is 87.0 Å². The number of carbonyl (C=O) groups excluding carboxylic acids is 2. The number of furan rings is 1. The van der Waals surface area contributed by atoms with Crippen LogP contribution in [0.2, 0.25) is 0 Å². The molecule has 0 aliphatic carbocycles. The number of benzene rings is 3. The lowest BCUT2D eigenvalue weighted by molar-refractivity contribution is -0.118. The van der Waals surface area contributed by atoms with Gasteiger partial charge < -0.3 is 19.2 Å². The SMILES string of the molecule is COc1ccc(C(=O)c2oc3ccccc3c2NC(=O)COc2ccc(Br)cc2)cc1Br. The predicted octanol–water partition coefficient (Wildman–Crippen LogP) is 6.21. The molecule has 32 heavy (non-hydrogen) atoms. The van der Waals surface area contributed by atoms with E-state index in [1.54, 1.807) is 55.6 Å². The van der Waals surface area contributed by atoms with Crippen LogP contribution < -0.4 is 14.8 Å². The first-order valence-corrected chi connectivity index (χ1v) is 11.1. The lowest BCUT2D eigenvalue weighted by Crippen LogP contribution is -2.21. The van der Waals surface area contributed by atoms with E-state index in [9.17, 15) is 9.59 Å². The highest BCUT2D eigenvalue weighted by Gasteiger charge is 2.24. The lowest BCUT2D eigenvalue weighted by atomic mass is 10.1. The molecule has 0 radical (unpaired) electrons. The number of ketones is 1. The maximum absolute atomic E-state index is 13.2. The fourth-order valence-corrected chi connectivity index (χ4v) is 3.93. The highest BCUT2D eigenvalue weighted by Crippen LogP contribution is 2.34. The molecule has 3 aromatic carbocycles. The van der Waals surface area contributed by atoms with E-state index in [1.165, 1.54) is 0 Å². The minimum atomic E-state index is -0.413. The molecular formula is C24H17Br2NO5. The standard InChI is InChI=1S/C24H17Br2NO5/c1-30-20-11-6-14(12-18(20)26)23(29)24-22(17-4-2-3-5-19(17)32-24)27-21(28)13-31-16-9-7-15(25)8-10-16/h2-12H,13H2,1H3,(H,27,28). The minimum Gasteiger partial charge on any atom is -0.496 e. The van der Waals surface area contributed by atoms with E-state index in [4.69, 9.17) is 13.9 Å². The van der Waals surface area contributed by atoms with E-state index in [0.717, 1.165) is 4.47 Å². The molecule has 4 aromatic rings. The van der Waals surface area contributed by atoms with Crippen LogP contribution in [0, 0.1) is 0 Å². The molecule has 0 fully saturated rings. The van der Waals surface area contributed by atoms with Crippen LogP contribution in [0.25, 0.3) is 11.0 Å². The molecule has 0 saturated carbocycles. The molecule has 0 saturated heterocycles. The van der Waals surface area contributed by atoms with Crippen LogP contribution in [-0.2, 0) is 4.79 Å². The molecule has 8 heteroatoms. The third kappa shape index (κ3) is 4.71. The van der Waals surface area contributed by atoms with Crippen LogP contribution in [0.3, 0.4) is 0 Å². The molecule has 0 aliphatic heterocycles. The van der Waals surface area contributed by atoms with Crippen LogP contribution in [0.4, 0.5) is 5.69 Å². The van der Waals surface area contributed by atoms with E-state index in [2.05, 4.69) is 37.2 Å². The van der Waals surface area contributed by atoms with Gasteiger partial charge in [-0.25, -0.2) is 0 Å². The topological polar surface area (TPSA) is 77.8 Å².